The number of nitrogens with zero attached hydrogens (tertiary/aromatic N) is 3. The number of benzene rings is 1. The van der Waals surface area contributed by atoms with E-state index in [-0.39, 0.29) is 0 Å². The van der Waals surface area contributed by atoms with Gasteiger partial charge in [-0.25, -0.2) is 0 Å². The Balaban J connectivity index is 1.40. The molecule has 0 radical (unpaired) electrons. The molecule has 0 unspecified atom stereocenters. The summed E-state index contributed by atoms with van der Waals surface area (Å²) in [6.45, 7) is 4.82. The van der Waals surface area contributed by atoms with Crippen LogP contribution in [0.2, 0.25) is 0 Å². The first kappa shape index (κ1) is 14.9. The van der Waals surface area contributed by atoms with Crippen molar-refractivity contribution in [2.75, 3.05) is 18.4 Å². The molecular formula is C20H23N5. The lowest BCUT2D eigenvalue weighted by molar-refractivity contribution is 0.0457. The second kappa shape index (κ2) is 5.85. The molecular weight excluding hydrogens is 310 g/mol. The monoisotopic (exact) mass is 333 g/mol. The van der Waals surface area contributed by atoms with Crippen LogP contribution in [0.25, 0.3) is 22.2 Å². The third-order valence-corrected chi connectivity index (χ3v) is 6.03. The van der Waals surface area contributed by atoms with Crippen molar-refractivity contribution >= 4 is 16.7 Å². The highest BCUT2D eigenvalue weighted by Gasteiger charge is 2.39. The van der Waals surface area contributed by atoms with Crippen LogP contribution in [0.4, 0.5) is 5.82 Å². The Morgan fingerprint density at radius 2 is 1.96 bits per heavy atom. The van der Waals surface area contributed by atoms with E-state index in [0.717, 1.165) is 28.5 Å². The summed E-state index contributed by atoms with van der Waals surface area (Å²) < 4.78 is 0. The van der Waals surface area contributed by atoms with Gasteiger partial charge < -0.3 is 10.3 Å². The molecule has 5 nitrogen and oxygen atoms in total. The summed E-state index contributed by atoms with van der Waals surface area (Å²) >= 11 is 0. The second-order valence-electron chi connectivity index (χ2n) is 7.33. The van der Waals surface area contributed by atoms with Crippen molar-refractivity contribution in [2.24, 2.45) is 5.92 Å². The molecule has 1 aromatic carbocycles. The van der Waals surface area contributed by atoms with Crippen LogP contribution in [-0.4, -0.2) is 45.3 Å². The minimum Gasteiger partial charge on any atom is -0.364 e. The highest BCUT2D eigenvalue weighted by atomic mass is 15.2. The van der Waals surface area contributed by atoms with Crippen LogP contribution in [0.15, 0.2) is 42.6 Å². The Labute approximate surface area is 147 Å². The quantitative estimate of drug-likeness (QED) is 0.770. The Morgan fingerprint density at radius 3 is 2.72 bits per heavy atom. The first-order chi connectivity index (χ1) is 12.3. The molecule has 2 atom stereocenters. The van der Waals surface area contributed by atoms with Crippen molar-refractivity contribution in [3.63, 3.8) is 0 Å². The molecule has 0 amide bonds. The summed E-state index contributed by atoms with van der Waals surface area (Å²) in [5.41, 5.74) is 3.16. The summed E-state index contributed by atoms with van der Waals surface area (Å²) in [5.74, 6) is 1.64. The number of piperidine rings is 3. The van der Waals surface area contributed by atoms with Gasteiger partial charge in [-0.2, -0.15) is 0 Å². The van der Waals surface area contributed by atoms with E-state index in [4.69, 9.17) is 0 Å². The van der Waals surface area contributed by atoms with E-state index in [2.05, 4.69) is 68.7 Å². The maximum atomic E-state index is 4.49. The predicted octanol–water partition coefficient (Wildman–Crippen LogP) is 3.52. The molecule has 3 aliphatic rings. The number of hydrogen-bond acceptors (Lipinski definition) is 4. The number of anilines is 1. The minimum atomic E-state index is 0.482. The zero-order valence-electron chi connectivity index (χ0n) is 14.4. The van der Waals surface area contributed by atoms with E-state index < -0.39 is 0 Å². The van der Waals surface area contributed by atoms with Crippen molar-refractivity contribution in [1.29, 1.82) is 0 Å². The van der Waals surface area contributed by atoms with Crippen LogP contribution >= 0.6 is 0 Å². The Bertz CT molecular complexity index is 874. The summed E-state index contributed by atoms with van der Waals surface area (Å²) in [4.78, 5) is 5.84. The van der Waals surface area contributed by atoms with Gasteiger partial charge in [-0.05, 0) is 63.0 Å². The number of H-pyrrole nitrogens is 1. The van der Waals surface area contributed by atoms with Crippen molar-refractivity contribution < 1.29 is 0 Å². The smallest absolute Gasteiger partial charge is 0.148 e. The van der Waals surface area contributed by atoms with E-state index >= 15 is 0 Å². The Morgan fingerprint density at radius 1 is 1.08 bits per heavy atom. The van der Waals surface area contributed by atoms with E-state index in [1.165, 1.54) is 31.3 Å². The van der Waals surface area contributed by atoms with Gasteiger partial charge in [0.1, 0.15) is 5.82 Å². The third-order valence-electron chi connectivity index (χ3n) is 6.03. The molecule has 5 heteroatoms. The fourth-order valence-electron chi connectivity index (χ4n) is 4.58. The molecule has 5 heterocycles. The molecule has 6 rings (SSSR count). The molecule has 2 aromatic heterocycles. The molecule has 0 aliphatic carbocycles. The Hall–Kier alpha value is -2.40. The number of hydrogen-bond donors (Lipinski definition) is 2. The normalized spacial score (nSPS) is 28.4. The van der Waals surface area contributed by atoms with Crippen molar-refractivity contribution in [1.82, 2.24) is 20.1 Å². The molecule has 2 N–H and O–H groups in total. The van der Waals surface area contributed by atoms with Crippen LogP contribution in [0.5, 0.6) is 0 Å². The zero-order chi connectivity index (χ0) is 16.8. The summed E-state index contributed by atoms with van der Waals surface area (Å²) in [6.07, 6.45) is 4.55. The molecule has 3 aromatic rings. The van der Waals surface area contributed by atoms with Gasteiger partial charge in [-0.3, -0.25) is 4.90 Å². The van der Waals surface area contributed by atoms with Crippen LogP contribution in [0.3, 0.4) is 0 Å². The maximum absolute atomic E-state index is 4.49. The number of rotatable bonds is 3. The number of fused-ring (bicyclic) bond motifs is 4. The topological polar surface area (TPSA) is 56.8 Å². The average molecular weight is 333 g/mol. The summed E-state index contributed by atoms with van der Waals surface area (Å²) in [7, 11) is 0. The fraction of sp³-hybridized carbons (Fsp3) is 0.400. The van der Waals surface area contributed by atoms with Gasteiger partial charge in [0, 0.05) is 34.7 Å². The molecule has 25 heavy (non-hydrogen) atoms. The maximum Gasteiger partial charge on any atom is 0.148 e. The minimum absolute atomic E-state index is 0.482. The SMILES string of the molecule is C[C@@H]1[C@@H](Nc2ccc(-c3cccc4[nH]ccc34)nn2)C2CCN1CC2. The van der Waals surface area contributed by atoms with Gasteiger partial charge in [-0.1, -0.05) is 12.1 Å². The lowest BCUT2D eigenvalue weighted by Crippen LogP contribution is -2.59. The number of nitrogens with one attached hydrogen (secondary N) is 2. The van der Waals surface area contributed by atoms with E-state index in [1.54, 1.807) is 0 Å². The third kappa shape index (κ3) is 2.50. The first-order valence-corrected chi connectivity index (χ1v) is 9.20. The molecule has 3 fully saturated rings. The lowest BCUT2D eigenvalue weighted by Gasteiger charge is -2.50. The van der Waals surface area contributed by atoms with Gasteiger partial charge in [0.2, 0.25) is 0 Å². The van der Waals surface area contributed by atoms with Gasteiger partial charge in [0.25, 0.3) is 0 Å². The van der Waals surface area contributed by atoms with Crippen molar-refractivity contribution in [3.05, 3.63) is 42.6 Å². The zero-order valence-corrected chi connectivity index (χ0v) is 14.4. The second-order valence-corrected chi connectivity index (χ2v) is 7.33. The highest BCUT2D eigenvalue weighted by Crippen LogP contribution is 2.34. The summed E-state index contributed by atoms with van der Waals surface area (Å²) in [5, 5.41) is 13.8. The van der Waals surface area contributed by atoms with Gasteiger partial charge >= 0.3 is 0 Å². The largest absolute Gasteiger partial charge is 0.364 e. The fourth-order valence-corrected chi connectivity index (χ4v) is 4.58. The molecule has 3 aliphatic heterocycles. The molecule has 2 bridgehead atoms. The van der Waals surface area contributed by atoms with E-state index in [1.807, 2.05) is 6.20 Å². The van der Waals surface area contributed by atoms with Crippen LogP contribution in [-0.2, 0) is 0 Å². The number of aromatic nitrogens is 3. The van der Waals surface area contributed by atoms with Crippen molar-refractivity contribution in [2.45, 2.75) is 31.8 Å². The van der Waals surface area contributed by atoms with Crippen LogP contribution < -0.4 is 5.32 Å². The standard InChI is InChI=1S/C20H23N5/c1-13-20(14-8-11-25(13)12-9-14)22-19-6-5-18(23-24-19)15-3-2-4-17-16(15)7-10-21-17/h2-7,10,13-14,20-21H,8-9,11-12H2,1H3,(H,22,24)/t13-,20-/m1/s1. The highest BCUT2D eigenvalue weighted by molar-refractivity contribution is 5.94. The average Bonchev–Trinajstić information content (AvgIpc) is 3.14. The first-order valence-electron chi connectivity index (χ1n) is 9.20. The molecule has 128 valence electrons. The van der Waals surface area contributed by atoms with Gasteiger partial charge in [0.15, 0.2) is 0 Å². The predicted molar refractivity (Wildman–Crippen MR) is 100 cm³/mol. The van der Waals surface area contributed by atoms with E-state index in [9.17, 15) is 0 Å². The Kier molecular flexibility index (Phi) is 3.48. The van der Waals surface area contributed by atoms with Crippen molar-refractivity contribution in [3.8, 4) is 11.3 Å². The molecule has 0 spiro atoms. The molecule has 3 saturated heterocycles. The van der Waals surface area contributed by atoms with E-state index in [0.29, 0.717) is 12.1 Å². The number of aromatic amines is 1. The van der Waals surface area contributed by atoms with Crippen LogP contribution in [0, 0.1) is 5.92 Å². The lowest BCUT2D eigenvalue weighted by atomic mass is 9.79. The molecule has 0 saturated carbocycles. The summed E-state index contributed by atoms with van der Waals surface area (Å²) in [6, 6.07) is 13.5. The van der Waals surface area contributed by atoms with Crippen LogP contribution in [0.1, 0.15) is 19.8 Å². The van der Waals surface area contributed by atoms with Gasteiger partial charge in [-0.15, -0.1) is 10.2 Å². The van der Waals surface area contributed by atoms with Gasteiger partial charge in [0.05, 0.1) is 5.69 Å².